The fourth-order valence-electron chi connectivity index (χ4n) is 3.26. The van der Waals surface area contributed by atoms with Crippen molar-refractivity contribution in [3.63, 3.8) is 0 Å². The van der Waals surface area contributed by atoms with Gasteiger partial charge in [0.05, 0.1) is 5.56 Å². The van der Waals surface area contributed by atoms with Gasteiger partial charge in [0.15, 0.2) is 11.5 Å². The summed E-state index contributed by atoms with van der Waals surface area (Å²) in [5, 5.41) is 0. The number of carbonyl (C=O) groups is 1. The molecule has 1 fully saturated rings. The van der Waals surface area contributed by atoms with Crippen LogP contribution in [0.15, 0.2) is 18.2 Å². The van der Waals surface area contributed by atoms with Crippen molar-refractivity contribution in [3.05, 3.63) is 23.8 Å². The first-order valence-electron chi connectivity index (χ1n) is 7.62. The van der Waals surface area contributed by atoms with Crippen LogP contribution in [0.4, 0.5) is 0 Å². The van der Waals surface area contributed by atoms with Crippen LogP contribution in [-0.2, 0) is 0 Å². The third-order valence-electron chi connectivity index (χ3n) is 4.41. The van der Waals surface area contributed by atoms with E-state index in [0.29, 0.717) is 42.7 Å². The predicted molar refractivity (Wildman–Crippen MR) is 79.7 cm³/mol. The summed E-state index contributed by atoms with van der Waals surface area (Å²) in [7, 11) is 0. The van der Waals surface area contributed by atoms with Crippen molar-refractivity contribution in [2.45, 2.75) is 25.8 Å². The Hall–Kier alpha value is -1.75. The van der Waals surface area contributed by atoms with Gasteiger partial charge < -0.3 is 20.1 Å². The van der Waals surface area contributed by atoms with Crippen LogP contribution in [0.1, 0.15) is 30.1 Å². The number of nitrogens with zero attached hydrogens (tertiary/aromatic N) is 1. The van der Waals surface area contributed by atoms with Crippen LogP contribution in [0.2, 0.25) is 0 Å². The van der Waals surface area contributed by atoms with E-state index in [1.807, 2.05) is 23.1 Å². The first-order valence-corrected chi connectivity index (χ1v) is 7.62. The Balaban J connectivity index is 1.91. The lowest BCUT2D eigenvalue weighted by atomic mass is 9.90. The monoisotopic (exact) mass is 290 g/mol. The lowest BCUT2D eigenvalue weighted by Crippen LogP contribution is -2.51. The first kappa shape index (κ1) is 14.2. The van der Waals surface area contributed by atoms with E-state index < -0.39 is 0 Å². The van der Waals surface area contributed by atoms with Crippen LogP contribution in [-0.4, -0.2) is 43.2 Å². The number of benzene rings is 1. The third-order valence-corrected chi connectivity index (χ3v) is 4.41. The van der Waals surface area contributed by atoms with Gasteiger partial charge in [-0.1, -0.05) is 13.0 Å². The van der Waals surface area contributed by atoms with Gasteiger partial charge in [-0.3, -0.25) is 4.79 Å². The molecule has 1 saturated heterocycles. The van der Waals surface area contributed by atoms with Gasteiger partial charge in [-0.15, -0.1) is 0 Å². The molecule has 2 aliphatic rings. The number of likely N-dealkylation sites (tertiary alicyclic amines) is 1. The number of piperidine rings is 1. The van der Waals surface area contributed by atoms with E-state index in [1.54, 1.807) is 0 Å². The van der Waals surface area contributed by atoms with Crippen molar-refractivity contribution in [1.82, 2.24) is 4.90 Å². The minimum absolute atomic E-state index is 0.000602. The molecule has 1 amide bonds. The molecule has 114 valence electrons. The smallest absolute Gasteiger partial charge is 0.258 e. The van der Waals surface area contributed by atoms with Gasteiger partial charge in [0.1, 0.15) is 13.2 Å². The van der Waals surface area contributed by atoms with E-state index >= 15 is 0 Å². The second kappa shape index (κ2) is 5.93. The Morgan fingerprint density at radius 1 is 1.38 bits per heavy atom. The van der Waals surface area contributed by atoms with Gasteiger partial charge in [0.2, 0.25) is 0 Å². The number of carbonyl (C=O) groups excluding carboxylic acids is 1. The maximum absolute atomic E-state index is 12.9. The average Bonchev–Trinajstić information content (AvgIpc) is 2.53. The zero-order valence-corrected chi connectivity index (χ0v) is 12.4. The largest absolute Gasteiger partial charge is 0.486 e. The van der Waals surface area contributed by atoms with E-state index in [9.17, 15) is 4.79 Å². The number of hydrogen-bond acceptors (Lipinski definition) is 4. The number of fused-ring (bicyclic) bond motifs is 1. The van der Waals surface area contributed by atoms with Crippen LogP contribution in [0.25, 0.3) is 0 Å². The topological polar surface area (TPSA) is 64.8 Å². The number of hydrogen-bond donors (Lipinski definition) is 1. The molecule has 0 bridgehead atoms. The summed E-state index contributed by atoms with van der Waals surface area (Å²) in [5.74, 6) is 1.66. The number of ether oxygens (including phenoxy) is 2. The summed E-state index contributed by atoms with van der Waals surface area (Å²) in [4.78, 5) is 14.8. The van der Waals surface area contributed by atoms with E-state index in [0.717, 1.165) is 19.4 Å². The van der Waals surface area contributed by atoms with Crippen molar-refractivity contribution in [1.29, 1.82) is 0 Å². The Morgan fingerprint density at radius 2 is 2.19 bits per heavy atom. The Labute approximate surface area is 125 Å². The van der Waals surface area contributed by atoms with E-state index in [2.05, 4.69) is 6.92 Å². The molecule has 0 spiro atoms. The predicted octanol–water partition coefficient (Wildman–Crippen LogP) is 1.66. The van der Waals surface area contributed by atoms with Gasteiger partial charge in [-0.05, 0) is 30.9 Å². The van der Waals surface area contributed by atoms with Crippen molar-refractivity contribution >= 4 is 5.91 Å². The number of rotatable bonds is 2. The van der Waals surface area contributed by atoms with Crippen molar-refractivity contribution in [2.24, 2.45) is 11.7 Å². The molecule has 3 rings (SSSR count). The molecule has 2 aliphatic heterocycles. The number of amides is 1. The fraction of sp³-hybridized carbons (Fsp3) is 0.562. The standard InChI is InChI=1S/C16H22N2O3/c1-11-4-3-7-18(13(11)10-17)16(19)12-5-2-6-14-15(12)21-9-8-20-14/h2,5-6,11,13H,3-4,7-10,17H2,1H3/t11-,13+/m0/s1. The van der Waals surface area contributed by atoms with E-state index in [1.165, 1.54) is 0 Å². The van der Waals surface area contributed by atoms with Crippen LogP contribution in [0.5, 0.6) is 11.5 Å². The zero-order valence-electron chi connectivity index (χ0n) is 12.4. The molecule has 21 heavy (non-hydrogen) atoms. The quantitative estimate of drug-likeness (QED) is 0.899. The van der Waals surface area contributed by atoms with Gasteiger partial charge in [0, 0.05) is 19.1 Å². The maximum Gasteiger partial charge on any atom is 0.258 e. The normalized spacial score (nSPS) is 24.8. The zero-order chi connectivity index (χ0) is 14.8. The second-order valence-electron chi connectivity index (χ2n) is 5.75. The van der Waals surface area contributed by atoms with Crippen molar-refractivity contribution in [2.75, 3.05) is 26.3 Å². The molecule has 1 aromatic rings. The van der Waals surface area contributed by atoms with Crippen molar-refractivity contribution in [3.8, 4) is 11.5 Å². The van der Waals surface area contributed by atoms with E-state index in [4.69, 9.17) is 15.2 Å². The molecule has 0 saturated carbocycles. The molecule has 5 heteroatoms. The summed E-state index contributed by atoms with van der Waals surface area (Å²) >= 11 is 0. The van der Waals surface area contributed by atoms with Crippen LogP contribution in [0, 0.1) is 5.92 Å². The molecule has 0 aromatic heterocycles. The molecule has 0 radical (unpaired) electrons. The molecule has 1 aromatic carbocycles. The van der Waals surface area contributed by atoms with Gasteiger partial charge >= 0.3 is 0 Å². The maximum atomic E-state index is 12.9. The van der Waals surface area contributed by atoms with Crippen molar-refractivity contribution < 1.29 is 14.3 Å². The second-order valence-corrected chi connectivity index (χ2v) is 5.75. The highest BCUT2D eigenvalue weighted by Gasteiger charge is 2.33. The van der Waals surface area contributed by atoms with Gasteiger partial charge in [-0.25, -0.2) is 0 Å². The molecule has 0 aliphatic carbocycles. The molecular formula is C16H22N2O3. The molecule has 2 N–H and O–H groups in total. The van der Waals surface area contributed by atoms with E-state index in [-0.39, 0.29) is 11.9 Å². The molecule has 0 unspecified atom stereocenters. The summed E-state index contributed by atoms with van der Waals surface area (Å²) in [6, 6.07) is 5.59. The molecule has 2 heterocycles. The Morgan fingerprint density at radius 3 is 3.00 bits per heavy atom. The first-order chi connectivity index (χ1) is 10.2. The molecule has 2 atom stereocenters. The van der Waals surface area contributed by atoms with Gasteiger partial charge in [-0.2, -0.15) is 0 Å². The van der Waals surface area contributed by atoms with Crippen LogP contribution >= 0.6 is 0 Å². The lowest BCUT2D eigenvalue weighted by molar-refractivity contribution is 0.0524. The molecule has 5 nitrogen and oxygen atoms in total. The van der Waals surface area contributed by atoms with Crippen LogP contribution < -0.4 is 15.2 Å². The highest BCUT2D eigenvalue weighted by molar-refractivity contribution is 5.98. The molecular weight excluding hydrogens is 268 g/mol. The SMILES string of the molecule is C[C@H]1CCCN(C(=O)c2cccc3c2OCCO3)[C@@H]1CN. The highest BCUT2D eigenvalue weighted by Crippen LogP contribution is 2.35. The number of para-hydroxylation sites is 1. The fourth-order valence-corrected chi connectivity index (χ4v) is 3.26. The minimum Gasteiger partial charge on any atom is -0.486 e. The highest BCUT2D eigenvalue weighted by atomic mass is 16.6. The Bertz CT molecular complexity index is 532. The summed E-state index contributed by atoms with van der Waals surface area (Å²) in [6.45, 7) is 4.43. The summed E-state index contributed by atoms with van der Waals surface area (Å²) in [5.41, 5.74) is 6.47. The summed E-state index contributed by atoms with van der Waals surface area (Å²) in [6.07, 6.45) is 2.15. The average molecular weight is 290 g/mol. The minimum atomic E-state index is -0.000602. The Kier molecular flexibility index (Phi) is 4.01. The lowest BCUT2D eigenvalue weighted by Gasteiger charge is -2.39. The van der Waals surface area contributed by atoms with Gasteiger partial charge in [0.25, 0.3) is 5.91 Å². The summed E-state index contributed by atoms with van der Waals surface area (Å²) < 4.78 is 11.2. The van der Waals surface area contributed by atoms with Crippen LogP contribution in [0.3, 0.4) is 0 Å². The number of nitrogens with two attached hydrogens (primary N) is 1. The third kappa shape index (κ3) is 2.58.